The first kappa shape index (κ1) is 18.6. The molecule has 1 heterocycles. The molecule has 8 nitrogen and oxygen atoms in total. The van der Waals surface area contributed by atoms with E-state index in [9.17, 15) is 9.59 Å². The molecule has 0 saturated heterocycles. The molecule has 1 atom stereocenters. The van der Waals surface area contributed by atoms with E-state index in [-0.39, 0.29) is 24.3 Å². The monoisotopic (exact) mass is 344 g/mol. The van der Waals surface area contributed by atoms with Gasteiger partial charge in [-0.25, -0.2) is 0 Å². The van der Waals surface area contributed by atoms with Crippen LogP contribution in [0.2, 0.25) is 0 Å². The summed E-state index contributed by atoms with van der Waals surface area (Å²) in [6.07, 6.45) is 1.62. The maximum absolute atomic E-state index is 12.1. The van der Waals surface area contributed by atoms with Gasteiger partial charge in [0.1, 0.15) is 5.69 Å². The number of carbonyl (C=O) groups is 2. The van der Waals surface area contributed by atoms with Crippen LogP contribution in [0.3, 0.4) is 0 Å². The molecule has 0 saturated carbocycles. The quantitative estimate of drug-likeness (QED) is 0.753. The highest BCUT2D eigenvalue weighted by Crippen LogP contribution is 2.05. The molecule has 2 rings (SSSR count). The van der Waals surface area contributed by atoms with E-state index in [0.717, 1.165) is 5.69 Å². The van der Waals surface area contributed by atoms with Crippen LogP contribution in [0.4, 0.5) is 0 Å². The second-order valence-corrected chi connectivity index (χ2v) is 6.20. The van der Waals surface area contributed by atoms with E-state index in [2.05, 4.69) is 15.5 Å². The largest absolute Gasteiger partial charge is 0.346 e. The van der Waals surface area contributed by atoms with Gasteiger partial charge in [-0.2, -0.15) is 15.0 Å². The van der Waals surface area contributed by atoms with E-state index in [4.69, 9.17) is 5.73 Å². The Balaban J connectivity index is 1.87. The van der Waals surface area contributed by atoms with Crippen molar-refractivity contribution in [2.75, 3.05) is 13.6 Å². The predicted molar refractivity (Wildman–Crippen MR) is 93.7 cm³/mol. The summed E-state index contributed by atoms with van der Waals surface area (Å²) in [5, 5.41) is 11.1. The van der Waals surface area contributed by atoms with Crippen molar-refractivity contribution in [2.45, 2.75) is 26.4 Å². The first-order chi connectivity index (χ1) is 11.9. The van der Waals surface area contributed by atoms with Gasteiger partial charge < -0.3 is 16.0 Å². The lowest BCUT2D eigenvalue weighted by Gasteiger charge is -2.18. The third kappa shape index (κ3) is 5.12. The van der Waals surface area contributed by atoms with Gasteiger partial charge >= 0.3 is 0 Å². The van der Waals surface area contributed by atoms with Gasteiger partial charge in [0.25, 0.3) is 0 Å². The Kier molecular flexibility index (Phi) is 6.24. The molecule has 2 amide bonds. The van der Waals surface area contributed by atoms with Gasteiger partial charge in [-0.15, -0.1) is 0 Å². The number of likely N-dealkylation sites (N-methyl/N-ethyl adjacent to an activating group) is 1. The van der Waals surface area contributed by atoms with Crippen molar-refractivity contribution in [3.8, 4) is 5.69 Å². The molecule has 8 heteroatoms. The highest BCUT2D eigenvalue weighted by molar-refractivity contribution is 5.87. The minimum atomic E-state index is -0.621. The Morgan fingerprint density at radius 2 is 1.96 bits per heavy atom. The average Bonchev–Trinajstić information content (AvgIpc) is 3.07. The summed E-state index contributed by atoms with van der Waals surface area (Å²) >= 11 is 0. The van der Waals surface area contributed by atoms with Crippen LogP contribution in [-0.2, 0) is 16.1 Å². The topological polar surface area (TPSA) is 106 Å². The van der Waals surface area contributed by atoms with Crippen LogP contribution < -0.4 is 11.1 Å². The number of nitrogens with two attached hydrogens (primary N) is 1. The number of benzene rings is 1. The normalized spacial score (nSPS) is 12.0. The number of hydrogen-bond donors (Lipinski definition) is 2. The van der Waals surface area contributed by atoms with Crippen LogP contribution in [0.5, 0.6) is 0 Å². The molecule has 0 spiro atoms. The Labute approximate surface area is 147 Å². The lowest BCUT2D eigenvalue weighted by molar-refractivity contribution is -0.132. The molecule has 0 bridgehead atoms. The molecule has 25 heavy (non-hydrogen) atoms. The highest BCUT2D eigenvalue weighted by atomic mass is 16.2. The molecule has 134 valence electrons. The minimum absolute atomic E-state index is 0.0147. The number of nitrogens with zero attached hydrogens (tertiary/aromatic N) is 4. The third-order valence-electron chi connectivity index (χ3n) is 3.79. The fraction of sp³-hybridized carbons (Fsp3) is 0.412. The van der Waals surface area contributed by atoms with E-state index >= 15 is 0 Å². The van der Waals surface area contributed by atoms with Crippen molar-refractivity contribution in [1.29, 1.82) is 0 Å². The minimum Gasteiger partial charge on any atom is -0.346 e. The number of nitrogens with one attached hydrogen (secondary N) is 1. The zero-order chi connectivity index (χ0) is 18.4. The van der Waals surface area contributed by atoms with Gasteiger partial charge in [-0.3, -0.25) is 9.59 Å². The Hall–Kier alpha value is -2.74. The van der Waals surface area contributed by atoms with Crippen molar-refractivity contribution >= 4 is 11.8 Å². The second-order valence-electron chi connectivity index (χ2n) is 6.20. The molecule has 2 aromatic rings. The van der Waals surface area contributed by atoms with Gasteiger partial charge in [0.05, 0.1) is 31.0 Å². The molecule has 0 aliphatic heterocycles. The molecular formula is C17H24N6O2. The molecular weight excluding hydrogens is 320 g/mol. The first-order valence-corrected chi connectivity index (χ1v) is 8.12. The van der Waals surface area contributed by atoms with Gasteiger partial charge in [-0.05, 0) is 18.1 Å². The Morgan fingerprint density at radius 3 is 2.60 bits per heavy atom. The van der Waals surface area contributed by atoms with E-state index < -0.39 is 6.04 Å². The number of hydrogen-bond acceptors (Lipinski definition) is 5. The van der Waals surface area contributed by atoms with E-state index in [1.54, 1.807) is 13.2 Å². The molecule has 0 aliphatic carbocycles. The maximum atomic E-state index is 12.1. The van der Waals surface area contributed by atoms with Gasteiger partial charge in [0, 0.05) is 7.05 Å². The standard InChI is InChI=1S/C17H24N6O2/c1-12(2)16(18)17(25)19-10-15(24)22(3)11-13-9-20-23(21-13)14-7-5-4-6-8-14/h4-9,12,16H,10-11,18H2,1-3H3,(H,19,25)/t16-/m0/s1. The fourth-order valence-electron chi connectivity index (χ4n) is 2.10. The first-order valence-electron chi connectivity index (χ1n) is 8.12. The van der Waals surface area contributed by atoms with Crippen LogP contribution in [0.1, 0.15) is 19.5 Å². The molecule has 0 radical (unpaired) electrons. The Bertz CT molecular complexity index is 713. The second kappa shape index (κ2) is 8.39. The smallest absolute Gasteiger partial charge is 0.242 e. The summed E-state index contributed by atoms with van der Waals surface area (Å²) in [5.41, 5.74) is 7.25. The predicted octanol–water partition coefficient (Wildman–Crippen LogP) is 0.325. The molecule has 0 unspecified atom stereocenters. The number of amides is 2. The third-order valence-corrected chi connectivity index (χ3v) is 3.79. The van der Waals surface area contributed by atoms with E-state index in [1.807, 2.05) is 44.2 Å². The van der Waals surface area contributed by atoms with Gasteiger partial charge in [0.2, 0.25) is 11.8 Å². The SMILES string of the molecule is CC(C)[C@H](N)C(=O)NCC(=O)N(C)Cc1cnn(-c2ccccc2)n1. The van der Waals surface area contributed by atoms with Gasteiger partial charge in [-0.1, -0.05) is 32.0 Å². The van der Waals surface area contributed by atoms with Crippen molar-refractivity contribution < 1.29 is 9.59 Å². The summed E-state index contributed by atoms with van der Waals surface area (Å²) < 4.78 is 0. The summed E-state index contributed by atoms with van der Waals surface area (Å²) in [4.78, 5) is 26.9. The number of aromatic nitrogens is 3. The van der Waals surface area contributed by atoms with Crippen molar-refractivity contribution in [1.82, 2.24) is 25.2 Å². The van der Waals surface area contributed by atoms with Gasteiger partial charge in [0.15, 0.2) is 0 Å². The van der Waals surface area contributed by atoms with E-state index in [1.165, 1.54) is 9.70 Å². The summed E-state index contributed by atoms with van der Waals surface area (Å²) in [6, 6.07) is 8.89. The van der Waals surface area contributed by atoms with Crippen LogP contribution in [0.15, 0.2) is 36.5 Å². The van der Waals surface area contributed by atoms with Crippen LogP contribution in [0.25, 0.3) is 5.69 Å². The van der Waals surface area contributed by atoms with Crippen LogP contribution in [0, 0.1) is 5.92 Å². The summed E-state index contributed by atoms with van der Waals surface area (Å²) in [5.74, 6) is -0.536. The molecule has 0 aliphatic rings. The fourth-order valence-corrected chi connectivity index (χ4v) is 2.10. The molecule has 1 aromatic carbocycles. The van der Waals surface area contributed by atoms with Crippen LogP contribution in [-0.4, -0.2) is 51.3 Å². The molecule has 0 fully saturated rings. The number of carbonyl (C=O) groups excluding carboxylic acids is 2. The molecule has 1 aromatic heterocycles. The average molecular weight is 344 g/mol. The Morgan fingerprint density at radius 1 is 1.28 bits per heavy atom. The maximum Gasteiger partial charge on any atom is 0.242 e. The zero-order valence-corrected chi connectivity index (χ0v) is 14.7. The lowest BCUT2D eigenvalue weighted by Crippen LogP contribution is -2.47. The van der Waals surface area contributed by atoms with Crippen LogP contribution >= 0.6 is 0 Å². The number of para-hydroxylation sites is 1. The lowest BCUT2D eigenvalue weighted by atomic mass is 10.1. The zero-order valence-electron chi connectivity index (χ0n) is 14.7. The number of rotatable bonds is 7. The highest BCUT2D eigenvalue weighted by Gasteiger charge is 2.19. The van der Waals surface area contributed by atoms with Crippen molar-refractivity contribution in [2.24, 2.45) is 11.7 Å². The summed E-state index contributed by atoms with van der Waals surface area (Å²) in [7, 11) is 1.65. The van der Waals surface area contributed by atoms with E-state index in [0.29, 0.717) is 12.2 Å². The van der Waals surface area contributed by atoms with Crippen molar-refractivity contribution in [3.05, 3.63) is 42.2 Å². The van der Waals surface area contributed by atoms with Crippen molar-refractivity contribution in [3.63, 3.8) is 0 Å². The molecule has 3 N–H and O–H groups in total. The summed E-state index contributed by atoms with van der Waals surface area (Å²) in [6.45, 7) is 3.92.